The standard InChI is InChI=1S/C15H26O5/c1-4-5-12(18-3)9-15(17)20-13(8-11(2)16)6-7-14-10-19-14/h12-14H,4-10H2,1-3H3. The van der Waals surface area contributed by atoms with Crippen LogP contribution in [-0.2, 0) is 23.8 Å². The maximum absolute atomic E-state index is 11.9. The highest BCUT2D eigenvalue weighted by atomic mass is 16.6. The predicted octanol–water partition coefficient (Wildman–Crippen LogP) is 2.26. The average Bonchev–Trinajstić information content (AvgIpc) is 3.18. The zero-order valence-electron chi connectivity index (χ0n) is 12.7. The third-order valence-corrected chi connectivity index (χ3v) is 3.36. The Morgan fingerprint density at radius 2 is 1.95 bits per heavy atom. The molecule has 1 rings (SSSR count). The summed E-state index contributed by atoms with van der Waals surface area (Å²) >= 11 is 0. The normalized spacial score (nSPS) is 20.2. The second-order valence-corrected chi connectivity index (χ2v) is 5.40. The van der Waals surface area contributed by atoms with E-state index in [0.717, 1.165) is 25.9 Å². The summed E-state index contributed by atoms with van der Waals surface area (Å²) in [5.74, 6) is -0.246. The van der Waals surface area contributed by atoms with E-state index in [4.69, 9.17) is 14.2 Å². The van der Waals surface area contributed by atoms with Crippen LogP contribution in [0.2, 0.25) is 0 Å². The number of Topliss-reactive ketones (excluding diaryl/α,β-unsaturated/α-hetero) is 1. The van der Waals surface area contributed by atoms with Gasteiger partial charge in [-0.2, -0.15) is 0 Å². The molecule has 0 radical (unpaired) electrons. The lowest BCUT2D eigenvalue weighted by Gasteiger charge is -2.19. The minimum absolute atomic E-state index is 0.0383. The summed E-state index contributed by atoms with van der Waals surface area (Å²) in [4.78, 5) is 23.1. The molecule has 1 heterocycles. The molecule has 1 fully saturated rings. The van der Waals surface area contributed by atoms with Crippen LogP contribution in [0.1, 0.15) is 52.4 Å². The fourth-order valence-corrected chi connectivity index (χ4v) is 2.17. The van der Waals surface area contributed by atoms with Crippen LogP contribution in [0.25, 0.3) is 0 Å². The molecule has 3 unspecified atom stereocenters. The molecule has 3 atom stereocenters. The Kier molecular flexibility index (Phi) is 7.77. The van der Waals surface area contributed by atoms with Crippen molar-refractivity contribution >= 4 is 11.8 Å². The van der Waals surface area contributed by atoms with Crippen LogP contribution in [0.15, 0.2) is 0 Å². The Labute approximate surface area is 121 Å². The Hall–Kier alpha value is -0.940. The van der Waals surface area contributed by atoms with Gasteiger partial charge in [0.1, 0.15) is 11.9 Å². The summed E-state index contributed by atoms with van der Waals surface area (Å²) < 4.78 is 15.8. The highest BCUT2D eigenvalue weighted by molar-refractivity contribution is 5.77. The molecule has 0 aromatic carbocycles. The quantitative estimate of drug-likeness (QED) is 0.430. The molecular weight excluding hydrogens is 260 g/mol. The molecule has 0 aromatic heterocycles. The van der Waals surface area contributed by atoms with E-state index in [-0.39, 0.29) is 42.9 Å². The van der Waals surface area contributed by atoms with Crippen LogP contribution in [-0.4, -0.2) is 43.8 Å². The zero-order chi connectivity index (χ0) is 15.0. The van der Waals surface area contributed by atoms with Gasteiger partial charge >= 0.3 is 5.97 Å². The van der Waals surface area contributed by atoms with Gasteiger partial charge in [-0.05, 0) is 26.2 Å². The first-order valence-electron chi connectivity index (χ1n) is 7.38. The van der Waals surface area contributed by atoms with Gasteiger partial charge in [0.15, 0.2) is 0 Å². The molecule has 1 aliphatic heterocycles. The lowest BCUT2D eigenvalue weighted by molar-refractivity contribution is -0.153. The molecule has 0 aromatic rings. The van der Waals surface area contributed by atoms with Crippen LogP contribution in [0.4, 0.5) is 0 Å². The molecule has 0 bridgehead atoms. The zero-order valence-corrected chi connectivity index (χ0v) is 12.7. The van der Waals surface area contributed by atoms with Gasteiger partial charge in [-0.15, -0.1) is 0 Å². The first-order valence-corrected chi connectivity index (χ1v) is 7.38. The minimum atomic E-state index is -0.330. The number of methoxy groups -OCH3 is 1. The molecule has 0 aliphatic carbocycles. The number of rotatable bonds is 11. The predicted molar refractivity (Wildman–Crippen MR) is 74.5 cm³/mol. The second kappa shape index (κ2) is 9.08. The third kappa shape index (κ3) is 7.60. The topological polar surface area (TPSA) is 65.1 Å². The van der Waals surface area contributed by atoms with E-state index in [1.807, 2.05) is 6.92 Å². The number of epoxide rings is 1. The number of esters is 1. The fourth-order valence-electron chi connectivity index (χ4n) is 2.17. The molecule has 0 spiro atoms. The maximum Gasteiger partial charge on any atom is 0.308 e. The molecule has 0 amide bonds. The van der Waals surface area contributed by atoms with Crippen molar-refractivity contribution in [1.82, 2.24) is 0 Å². The molecular formula is C15H26O5. The minimum Gasteiger partial charge on any atom is -0.462 e. The first-order chi connectivity index (χ1) is 9.55. The molecule has 1 aliphatic rings. The number of hydrogen-bond acceptors (Lipinski definition) is 5. The molecule has 116 valence electrons. The van der Waals surface area contributed by atoms with Crippen LogP contribution in [0, 0.1) is 0 Å². The number of ketones is 1. The van der Waals surface area contributed by atoms with E-state index in [1.165, 1.54) is 6.92 Å². The molecule has 0 saturated carbocycles. The van der Waals surface area contributed by atoms with Crippen molar-refractivity contribution in [3.8, 4) is 0 Å². The van der Waals surface area contributed by atoms with E-state index < -0.39 is 0 Å². The molecule has 5 heteroatoms. The summed E-state index contributed by atoms with van der Waals surface area (Å²) in [7, 11) is 1.60. The maximum atomic E-state index is 11.9. The Morgan fingerprint density at radius 3 is 2.45 bits per heavy atom. The monoisotopic (exact) mass is 286 g/mol. The van der Waals surface area contributed by atoms with Gasteiger partial charge < -0.3 is 14.2 Å². The summed E-state index contributed by atoms with van der Waals surface area (Å²) in [5, 5.41) is 0. The number of hydrogen-bond donors (Lipinski definition) is 0. The van der Waals surface area contributed by atoms with Crippen LogP contribution in [0.3, 0.4) is 0 Å². The van der Waals surface area contributed by atoms with Gasteiger partial charge in [0, 0.05) is 13.5 Å². The Balaban J connectivity index is 2.36. The number of carbonyl (C=O) groups excluding carboxylic acids is 2. The van der Waals surface area contributed by atoms with Crippen molar-refractivity contribution in [2.75, 3.05) is 13.7 Å². The molecule has 5 nitrogen and oxygen atoms in total. The van der Waals surface area contributed by atoms with E-state index >= 15 is 0 Å². The third-order valence-electron chi connectivity index (χ3n) is 3.36. The molecule has 1 saturated heterocycles. The summed E-state index contributed by atoms with van der Waals surface area (Å²) in [5.41, 5.74) is 0. The Morgan fingerprint density at radius 1 is 1.25 bits per heavy atom. The summed E-state index contributed by atoms with van der Waals surface area (Å²) in [6.45, 7) is 4.35. The van der Waals surface area contributed by atoms with Crippen molar-refractivity contribution in [2.45, 2.75) is 70.7 Å². The van der Waals surface area contributed by atoms with Gasteiger partial charge in [-0.25, -0.2) is 0 Å². The van der Waals surface area contributed by atoms with Gasteiger partial charge in [-0.1, -0.05) is 13.3 Å². The van der Waals surface area contributed by atoms with Gasteiger partial charge in [0.25, 0.3) is 0 Å². The van der Waals surface area contributed by atoms with Crippen molar-refractivity contribution in [3.05, 3.63) is 0 Å². The molecule has 0 N–H and O–H groups in total. The van der Waals surface area contributed by atoms with E-state index in [0.29, 0.717) is 6.42 Å². The SMILES string of the molecule is CCCC(CC(=O)OC(CCC1CO1)CC(C)=O)OC. The smallest absolute Gasteiger partial charge is 0.308 e. The van der Waals surface area contributed by atoms with Crippen molar-refractivity contribution in [1.29, 1.82) is 0 Å². The largest absolute Gasteiger partial charge is 0.462 e. The van der Waals surface area contributed by atoms with Crippen LogP contribution in [0.5, 0.6) is 0 Å². The average molecular weight is 286 g/mol. The fraction of sp³-hybridized carbons (Fsp3) is 0.867. The second-order valence-electron chi connectivity index (χ2n) is 5.40. The first kappa shape index (κ1) is 17.1. The van der Waals surface area contributed by atoms with E-state index in [2.05, 4.69) is 0 Å². The highest BCUT2D eigenvalue weighted by Gasteiger charge is 2.26. The Bertz CT molecular complexity index is 311. The van der Waals surface area contributed by atoms with Crippen LogP contribution >= 0.6 is 0 Å². The van der Waals surface area contributed by atoms with Gasteiger partial charge in [0.2, 0.25) is 0 Å². The van der Waals surface area contributed by atoms with Crippen molar-refractivity contribution in [2.24, 2.45) is 0 Å². The van der Waals surface area contributed by atoms with E-state index in [1.54, 1.807) is 7.11 Å². The van der Waals surface area contributed by atoms with Crippen molar-refractivity contribution in [3.63, 3.8) is 0 Å². The highest BCUT2D eigenvalue weighted by Crippen LogP contribution is 2.20. The van der Waals surface area contributed by atoms with Gasteiger partial charge in [-0.3, -0.25) is 9.59 Å². The van der Waals surface area contributed by atoms with Crippen molar-refractivity contribution < 1.29 is 23.8 Å². The van der Waals surface area contributed by atoms with Gasteiger partial charge in [0.05, 0.1) is 25.2 Å². The number of carbonyl (C=O) groups is 2. The van der Waals surface area contributed by atoms with Crippen LogP contribution < -0.4 is 0 Å². The summed E-state index contributed by atoms with van der Waals surface area (Å²) in [6, 6.07) is 0. The number of ether oxygens (including phenoxy) is 3. The summed E-state index contributed by atoms with van der Waals surface area (Å²) in [6.07, 6.45) is 3.70. The lowest BCUT2D eigenvalue weighted by Crippen LogP contribution is -2.25. The van der Waals surface area contributed by atoms with E-state index in [9.17, 15) is 9.59 Å². The lowest BCUT2D eigenvalue weighted by atomic mass is 10.1. The molecule has 20 heavy (non-hydrogen) atoms.